The van der Waals surface area contributed by atoms with Crippen molar-refractivity contribution in [2.75, 3.05) is 45.9 Å². The lowest BCUT2D eigenvalue weighted by molar-refractivity contribution is 0.00381. The molecule has 2 aliphatic rings. The molecule has 2 fully saturated rings. The largest absolute Gasteiger partial charge is 0.508 e. The molecule has 0 saturated carbocycles. The monoisotopic (exact) mass is 347 g/mol. The number of urea groups is 1. The molecular formula is C19H29N3O3. The number of nitrogens with zero attached hydrogens (tertiary/aromatic N) is 2. The molecule has 2 amide bonds. The number of likely N-dealkylation sites (tertiary alicyclic amines) is 1. The van der Waals surface area contributed by atoms with Crippen LogP contribution in [0.25, 0.3) is 0 Å². The second kappa shape index (κ2) is 9.06. The minimum atomic E-state index is 0.0612. The maximum atomic E-state index is 12.3. The number of phenols is 1. The number of benzene rings is 1. The van der Waals surface area contributed by atoms with Gasteiger partial charge in [0.1, 0.15) is 5.75 Å². The quantitative estimate of drug-likeness (QED) is 0.798. The molecule has 3 rings (SSSR count). The van der Waals surface area contributed by atoms with Crippen molar-refractivity contribution in [2.24, 2.45) is 0 Å². The zero-order valence-corrected chi connectivity index (χ0v) is 14.8. The van der Waals surface area contributed by atoms with E-state index in [4.69, 9.17) is 4.74 Å². The number of carbonyl (C=O) groups is 1. The summed E-state index contributed by atoms with van der Waals surface area (Å²) < 4.78 is 5.41. The Balaban J connectivity index is 1.31. The standard InChI is InChI=1S/C19H29N3O3/c23-18-5-3-16(4-6-18)2-1-9-20-19(24)22-10-7-17(8-11-22)21-12-14-25-15-13-21/h3-6,17,23H,1-2,7-15H2,(H,20,24). The Morgan fingerprint density at radius 3 is 2.48 bits per heavy atom. The molecule has 2 heterocycles. The Morgan fingerprint density at radius 1 is 1.12 bits per heavy atom. The van der Waals surface area contributed by atoms with Crippen LogP contribution in [0.15, 0.2) is 24.3 Å². The minimum absolute atomic E-state index is 0.0612. The van der Waals surface area contributed by atoms with E-state index in [0.717, 1.165) is 65.1 Å². The maximum absolute atomic E-state index is 12.3. The van der Waals surface area contributed by atoms with Gasteiger partial charge in [0.05, 0.1) is 13.2 Å². The average Bonchev–Trinajstić information content (AvgIpc) is 2.67. The zero-order valence-electron chi connectivity index (χ0n) is 14.8. The van der Waals surface area contributed by atoms with Gasteiger partial charge in [-0.2, -0.15) is 0 Å². The highest BCUT2D eigenvalue weighted by Gasteiger charge is 2.27. The first-order chi connectivity index (χ1) is 12.2. The third kappa shape index (κ3) is 5.34. The molecule has 1 aromatic rings. The highest BCUT2D eigenvalue weighted by atomic mass is 16.5. The number of morpholine rings is 1. The van der Waals surface area contributed by atoms with Crippen molar-refractivity contribution in [2.45, 2.75) is 31.7 Å². The van der Waals surface area contributed by atoms with Crippen molar-refractivity contribution in [1.82, 2.24) is 15.1 Å². The SMILES string of the molecule is O=C(NCCCc1ccc(O)cc1)N1CCC(N2CCOCC2)CC1. The van der Waals surface area contributed by atoms with Gasteiger partial charge in [-0.15, -0.1) is 0 Å². The highest BCUT2D eigenvalue weighted by molar-refractivity contribution is 5.74. The number of amides is 2. The number of aryl methyl sites for hydroxylation is 1. The number of ether oxygens (including phenoxy) is 1. The van der Waals surface area contributed by atoms with Crippen molar-refractivity contribution in [1.29, 1.82) is 0 Å². The molecule has 0 atom stereocenters. The Kier molecular flexibility index (Phi) is 6.53. The van der Waals surface area contributed by atoms with Gasteiger partial charge in [0.25, 0.3) is 0 Å². The summed E-state index contributed by atoms with van der Waals surface area (Å²) in [6.45, 7) is 6.08. The number of carbonyl (C=O) groups excluding carboxylic acids is 1. The summed E-state index contributed by atoms with van der Waals surface area (Å²) in [4.78, 5) is 16.7. The van der Waals surface area contributed by atoms with Gasteiger partial charge < -0.3 is 20.1 Å². The molecule has 2 saturated heterocycles. The number of phenolic OH excluding ortho intramolecular Hbond substituents is 1. The molecule has 0 bridgehead atoms. The van der Waals surface area contributed by atoms with E-state index in [1.807, 2.05) is 17.0 Å². The van der Waals surface area contributed by atoms with Crippen LogP contribution in [0.2, 0.25) is 0 Å². The molecule has 6 heteroatoms. The van der Waals surface area contributed by atoms with Gasteiger partial charge in [-0.05, 0) is 43.4 Å². The molecule has 1 aromatic carbocycles. The molecule has 2 N–H and O–H groups in total. The van der Waals surface area contributed by atoms with Crippen molar-refractivity contribution in [3.05, 3.63) is 29.8 Å². The molecule has 0 unspecified atom stereocenters. The molecule has 0 aliphatic carbocycles. The first-order valence-electron chi connectivity index (χ1n) is 9.35. The lowest BCUT2D eigenvalue weighted by Crippen LogP contribution is -2.51. The number of hydrogen-bond donors (Lipinski definition) is 2. The van der Waals surface area contributed by atoms with Gasteiger partial charge in [-0.3, -0.25) is 4.90 Å². The van der Waals surface area contributed by atoms with Gasteiger partial charge >= 0.3 is 6.03 Å². The Labute approximate surface area is 149 Å². The van der Waals surface area contributed by atoms with E-state index in [1.165, 1.54) is 5.56 Å². The number of hydrogen-bond acceptors (Lipinski definition) is 4. The molecule has 0 radical (unpaired) electrons. The summed E-state index contributed by atoms with van der Waals surface area (Å²) in [7, 11) is 0. The average molecular weight is 347 g/mol. The van der Waals surface area contributed by atoms with Crippen molar-refractivity contribution < 1.29 is 14.6 Å². The van der Waals surface area contributed by atoms with E-state index in [9.17, 15) is 9.90 Å². The normalized spacial score (nSPS) is 19.8. The van der Waals surface area contributed by atoms with E-state index >= 15 is 0 Å². The minimum Gasteiger partial charge on any atom is -0.508 e. The highest BCUT2D eigenvalue weighted by Crippen LogP contribution is 2.17. The lowest BCUT2D eigenvalue weighted by atomic mass is 10.0. The van der Waals surface area contributed by atoms with E-state index in [2.05, 4.69) is 10.2 Å². The van der Waals surface area contributed by atoms with Gasteiger partial charge in [-0.1, -0.05) is 12.1 Å². The number of nitrogens with one attached hydrogen (secondary N) is 1. The van der Waals surface area contributed by atoms with Crippen LogP contribution in [0.1, 0.15) is 24.8 Å². The van der Waals surface area contributed by atoms with E-state index < -0.39 is 0 Å². The van der Waals surface area contributed by atoms with Gasteiger partial charge in [0.15, 0.2) is 0 Å². The first kappa shape index (κ1) is 18.0. The van der Waals surface area contributed by atoms with Crippen LogP contribution >= 0.6 is 0 Å². The summed E-state index contributed by atoms with van der Waals surface area (Å²) in [6, 6.07) is 7.91. The van der Waals surface area contributed by atoms with Gasteiger partial charge in [0, 0.05) is 38.8 Å². The second-order valence-electron chi connectivity index (χ2n) is 6.87. The fourth-order valence-corrected chi connectivity index (χ4v) is 3.64. The lowest BCUT2D eigenvalue weighted by Gasteiger charge is -2.40. The van der Waals surface area contributed by atoms with Gasteiger partial charge in [0.2, 0.25) is 0 Å². The number of rotatable bonds is 5. The Bertz CT molecular complexity index is 535. The van der Waals surface area contributed by atoms with Crippen LogP contribution in [0.4, 0.5) is 4.79 Å². The maximum Gasteiger partial charge on any atom is 0.317 e. The van der Waals surface area contributed by atoms with Crippen molar-refractivity contribution in [3.8, 4) is 5.75 Å². The van der Waals surface area contributed by atoms with E-state index in [0.29, 0.717) is 12.6 Å². The Hall–Kier alpha value is -1.79. The van der Waals surface area contributed by atoms with Crippen LogP contribution in [0.5, 0.6) is 5.75 Å². The topological polar surface area (TPSA) is 65.0 Å². The van der Waals surface area contributed by atoms with E-state index in [1.54, 1.807) is 12.1 Å². The summed E-state index contributed by atoms with van der Waals surface area (Å²) >= 11 is 0. The van der Waals surface area contributed by atoms with Crippen LogP contribution in [-0.2, 0) is 11.2 Å². The zero-order chi connectivity index (χ0) is 17.5. The molecule has 0 spiro atoms. The van der Waals surface area contributed by atoms with Gasteiger partial charge in [-0.25, -0.2) is 4.79 Å². The fourth-order valence-electron chi connectivity index (χ4n) is 3.64. The molecule has 2 aliphatic heterocycles. The van der Waals surface area contributed by atoms with Crippen LogP contribution < -0.4 is 5.32 Å². The molecule has 6 nitrogen and oxygen atoms in total. The summed E-state index contributed by atoms with van der Waals surface area (Å²) in [5.41, 5.74) is 1.18. The van der Waals surface area contributed by atoms with Crippen LogP contribution in [0.3, 0.4) is 0 Å². The number of aromatic hydroxyl groups is 1. The predicted molar refractivity (Wildman–Crippen MR) is 96.8 cm³/mol. The predicted octanol–water partition coefficient (Wildman–Crippen LogP) is 1.83. The van der Waals surface area contributed by atoms with Crippen LogP contribution in [0, 0.1) is 0 Å². The summed E-state index contributed by atoms with van der Waals surface area (Å²) in [5, 5.41) is 12.3. The van der Waals surface area contributed by atoms with Crippen LogP contribution in [-0.4, -0.2) is 72.9 Å². The van der Waals surface area contributed by atoms with E-state index in [-0.39, 0.29) is 11.8 Å². The van der Waals surface area contributed by atoms with Crippen molar-refractivity contribution in [3.63, 3.8) is 0 Å². The second-order valence-corrected chi connectivity index (χ2v) is 6.87. The third-order valence-electron chi connectivity index (χ3n) is 5.17. The third-order valence-corrected chi connectivity index (χ3v) is 5.17. The smallest absolute Gasteiger partial charge is 0.317 e. The summed E-state index contributed by atoms with van der Waals surface area (Å²) in [5.74, 6) is 0.289. The molecule has 25 heavy (non-hydrogen) atoms. The number of piperidine rings is 1. The fraction of sp³-hybridized carbons (Fsp3) is 0.632. The molecule has 138 valence electrons. The first-order valence-corrected chi connectivity index (χ1v) is 9.35. The molecule has 0 aromatic heterocycles. The van der Waals surface area contributed by atoms with Crippen molar-refractivity contribution >= 4 is 6.03 Å². The Morgan fingerprint density at radius 2 is 1.80 bits per heavy atom. The molecular weight excluding hydrogens is 318 g/mol. The summed E-state index contributed by atoms with van der Waals surface area (Å²) in [6.07, 6.45) is 3.92.